The smallest absolute Gasteiger partial charge is 0.291 e. The molecule has 0 spiro atoms. The molecule has 2 aromatic rings. The van der Waals surface area contributed by atoms with Crippen LogP contribution in [0.5, 0.6) is 5.75 Å². The van der Waals surface area contributed by atoms with Crippen LogP contribution in [0.15, 0.2) is 42.7 Å². The fourth-order valence-electron chi connectivity index (χ4n) is 4.77. The van der Waals surface area contributed by atoms with Gasteiger partial charge in [-0.05, 0) is 42.3 Å². The van der Waals surface area contributed by atoms with Crippen LogP contribution in [0.3, 0.4) is 0 Å². The summed E-state index contributed by atoms with van der Waals surface area (Å²) in [7, 11) is 1.56. The predicted molar refractivity (Wildman–Crippen MR) is 120 cm³/mol. The van der Waals surface area contributed by atoms with Crippen LogP contribution in [-0.2, 0) is 14.3 Å². The summed E-state index contributed by atoms with van der Waals surface area (Å²) in [6, 6.07) is 8.05. The van der Waals surface area contributed by atoms with Gasteiger partial charge in [-0.15, -0.1) is 0 Å². The minimum atomic E-state index is -1.09. The van der Waals surface area contributed by atoms with Crippen LogP contribution in [0.4, 0.5) is 0 Å². The third kappa shape index (κ3) is 4.82. The van der Waals surface area contributed by atoms with E-state index in [4.69, 9.17) is 9.47 Å². The number of likely N-dealkylation sites (tertiary alicyclic amines) is 1. The quantitative estimate of drug-likeness (QED) is 0.360. The maximum Gasteiger partial charge on any atom is 0.291 e. The lowest BCUT2D eigenvalue weighted by atomic mass is 9.85. The van der Waals surface area contributed by atoms with Crippen molar-refractivity contribution in [1.29, 1.82) is 0 Å². The Bertz CT molecular complexity index is 1020. The molecule has 0 bridgehead atoms. The monoisotopic (exact) mass is 452 g/mol. The number of nitrogens with one attached hydrogen (secondary N) is 1. The molecule has 4 rings (SSSR count). The lowest BCUT2D eigenvalue weighted by Gasteiger charge is -2.28. The molecule has 0 saturated carbocycles. The maximum atomic E-state index is 13.6. The average Bonchev–Trinajstić information content (AvgIpc) is 3.10. The van der Waals surface area contributed by atoms with E-state index in [-0.39, 0.29) is 5.78 Å². The molecule has 1 aromatic heterocycles. The molecule has 2 unspecified atom stereocenters. The number of ketones is 2. The second-order valence-corrected chi connectivity index (χ2v) is 8.58. The standard InChI is InChI=1S/C25H29N3O5/c1-17-15-19(32-2)6-7-20(17)23(29)21-22(18-5-3-8-26-16-18)28(25(31)24(21)30)10-4-9-27-11-13-33-14-12-27/h3,5-8,15-16,21-22H,4,9-14H2,1-2H3/p+1. The molecule has 1 amide bonds. The third-order valence-electron chi connectivity index (χ3n) is 6.54. The largest absolute Gasteiger partial charge is 0.497 e. The van der Waals surface area contributed by atoms with Gasteiger partial charge in [0.1, 0.15) is 24.8 Å². The zero-order valence-electron chi connectivity index (χ0n) is 19.1. The molecule has 8 heteroatoms. The number of aromatic nitrogens is 1. The molecule has 174 valence electrons. The molecule has 1 aromatic carbocycles. The van der Waals surface area contributed by atoms with Gasteiger partial charge in [0.2, 0.25) is 5.78 Å². The highest BCUT2D eigenvalue weighted by Gasteiger charge is 2.51. The molecule has 2 fully saturated rings. The number of methoxy groups -OCH3 is 1. The number of pyridine rings is 1. The number of benzene rings is 1. The number of hydrogen-bond acceptors (Lipinski definition) is 6. The summed E-state index contributed by atoms with van der Waals surface area (Å²) in [5, 5.41) is 0. The third-order valence-corrected chi connectivity index (χ3v) is 6.54. The predicted octanol–water partition coefficient (Wildman–Crippen LogP) is 0.655. The Kier molecular flexibility index (Phi) is 7.15. The number of ether oxygens (including phenoxy) is 2. The van der Waals surface area contributed by atoms with E-state index in [1.54, 1.807) is 55.6 Å². The topological polar surface area (TPSA) is 90.2 Å². The first kappa shape index (κ1) is 23.1. The molecule has 1 N–H and O–H groups in total. The number of quaternary nitrogens is 1. The van der Waals surface area contributed by atoms with Gasteiger partial charge in [-0.1, -0.05) is 6.07 Å². The van der Waals surface area contributed by atoms with Gasteiger partial charge in [0, 0.05) is 30.9 Å². The molecule has 0 radical (unpaired) electrons. The normalized spacial score (nSPS) is 21.5. The number of rotatable bonds is 8. The van der Waals surface area contributed by atoms with E-state index in [0.717, 1.165) is 39.3 Å². The lowest BCUT2D eigenvalue weighted by molar-refractivity contribution is -0.908. The highest BCUT2D eigenvalue weighted by Crippen LogP contribution is 2.38. The zero-order valence-corrected chi connectivity index (χ0v) is 19.1. The van der Waals surface area contributed by atoms with E-state index in [2.05, 4.69) is 4.98 Å². The highest BCUT2D eigenvalue weighted by atomic mass is 16.5. The first-order valence-electron chi connectivity index (χ1n) is 11.4. The van der Waals surface area contributed by atoms with Gasteiger partial charge in [-0.2, -0.15) is 0 Å². The molecule has 2 saturated heterocycles. The molecule has 2 aliphatic heterocycles. The van der Waals surface area contributed by atoms with Crippen LogP contribution in [0.25, 0.3) is 0 Å². The van der Waals surface area contributed by atoms with Crippen LogP contribution in [0.1, 0.15) is 33.9 Å². The molecule has 2 aliphatic rings. The fourth-order valence-corrected chi connectivity index (χ4v) is 4.77. The van der Waals surface area contributed by atoms with Crippen molar-refractivity contribution in [3.05, 3.63) is 59.4 Å². The molecule has 33 heavy (non-hydrogen) atoms. The summed E-state index contributed by atoms with van der Waals surface area (Å²) >= 11 is 0. The number of Topliss-reactive ketones (excluding diaryl/α,β-unsaturated/α-hetero) is 2. The summed E-state index contributed by atoms with van der Waals surface area (Å²) in [6.45, 7) is 6.47. The molecule has 8 nitrogen and oxygen atoms in total. The first-order valence-corrected chi connectivity index (χ1v) is 11.4. The van der Waals surface area contributed by atoms with E-state index >= 15 is 0 Å². The van der Waals surface area contributed by atoms with Crippen LogP contribution in [0.2, 0.25) is 0 Å². The second kappa shape index (κ2) is 10.2. The Morgan fingerprint density at radius 2 is 2.03 bits per heavy atom. The van der Waals surface area contributed by atoms with Gasteiger partial charge >= 0.3 is 0 Å². The van der Waals surface area contributed by atoms with Crippen molar-refractivity contribution >= 4 is 17.5 Å². The number of nitrogens with zero attached hydrogens (tertiary/aromatic N) is 2. The van der Waals surface area contributed by atoms with Crippen molar-refractivity contribution < 1.29 is 28.8 Å². The van der Waals surface area contributed by atoms with Gasteiger partial charge in [0.05, 0.1) is 32.9 Å². The molecular weight excluding hydrogens is 422 g/mol. The summed E-state index contributed by atoms with van der Waals surface area (Å²) < 4.78 is 10.6. The molecule has 2 atom stereocenters. The van der Waals surface area contributed by atoms with Gasteiger partial charge in [-0.25, -0.2) is 0 Å². The van der Waals surface area contributed by atoms with Gasteiger partial charge in [-0.3, -0.25) is 19.4 Å². The van der Waals surface area contributed by atoms with E-state index in [1.165, 1.54) is 4.90 Å². The average molecular weight is 453 g/mol. The Hall–Kier alpha value is -3.10. The minimum Gasteiger partial charge on any atom is -0.497 e. The summed E-state index contributed by atoms with van der Waals surface area (Å²) in [5.41, 5.74) is 1.83. The molecular formula is C25H30N3O5+. The van der Waals surface area contributed by atoms with Gasteiger partial charge in [0.25, 0.3) is 5.91 Å². The Balaban J connectivity index is 1.60. The van der Waals surface area contributed by atoms with E-state index in [0.29, 0.717) is 29.0 Å². The van der Waals surface area contributed by atoms with Crippen LogP contribution < -0.4 is 9.64 Å². The van der Waals surface area contributed by atoms with Crippen molar-refractivity contribution in [2.75, 3.05) is 46.5 Å². The van der Waals surface area contributed by atoms with Crippen molar-refractivity contribution in [3.63, 3.8) is 0 Å². The van der Waals surface area contributed by atoms with Crippen LogP contribution in [0, 0.1) is 12.8 Å². The van der Waals surface area contributed by atoms with E-state index in [1.807, 2.05) is 6.07 Å². The number of carbonyl (C=O) groups excluding carboxylic acids is 3. The Morgan fingerprint density at radius 1 is 1.24 bits per heavy atom. The number of hydrogen-bond donors (Lipinski definition) is 1. The summed E-state index contributed by atoms with van der Waals surface area (Å²) in [6.07, 6.45) is 4.02. The van der Waals surface area contributed by atoms with Gasteiger partial charge < -0.3 is 19.3 Å². The van der Waals surface area contributed by atoms with E-state index < -0.39 is 23.7 Å². The zero-order chi connectivity index (χ0) is 23.4. The van der Waals surface area contributed by atoms with Crippen molar-refractivity contribution in [2.45, 2.75) is 19.4 Å². The lowest BCUT2D eigenvalue weighted by Crippen LogP contribution is -3.14. The first-order chi connectivity index (χ1) is 16.0. The molecule has 3 heterocycles. The summed E-state index contributed by atoms with van der Waals surface area (Å²) in [4.78, 5) is 47.0. The number of carbonyl (C=O) groups is 3. The van der Waals surface area contributed by atoms with Crippen LogP contribution >= 0.6 is 0 Å². The Labute approximate surface area is 193 Å². The number of morpholine rings is 1. The Morgan fingerprint density at radius 3 is 2.70 bits per heavy atom. The number of amides is 1. The van der Waals surface area contributed by atoms with E-state index in [9.17, 15) is 14.4 Å². The molecule has 0 aliphatic carbocycles. The SMILES string of the molecule is COc1ccc(C(=O)C2C(=O)C(=O)N(CCC[NH+]3CCOCC3)C2c2cccnc2)c(C)c1. The number of aryl methyl sites for hydroxylation is 1. The second-order valence-electron chi connectivity index (χ2n) is 8.58. The maximum absolute atomic E-state index is 13.6. The fraction of sp³-hybridized carbons (Fsp3) is 0.440. The van der Waals surface area contributed by atoms with Crippen molar-refractivity contribution in [2.24, 2.45) is 5.92 Å². The minimum absolute atomic E-state index is 0.344. The van der Waals surface area contributed by atoms with Crippen molar-refractivity contribution in [3.8, 4) is 5.75 Å². The highest BCUT2D eigenvalue weighted by molar-refractivity contribution is 6.44. The summed E-state index contributed by atoms with van der Waals surface area (Å²) in [5.74, 6) is -2.05. The van der Waals surface area contributed by atoms with Gasteiger partial charge in [0.15, 0.2) is 5.78 Å². The van der Waals surface area contributed by atoms with Crippen LogP contribution in [-0.4, -0.2) is 73.9 Å². The van der Waals surface area contributed by atoms with Crippen molar-refractivity contribution in [1.82, 2.24) is 9.88 Å².